The predicted molar refractivity (Wildman–Crippen MR) is 203 cm³/mol. The molecular formula is C40H75NO13. The molecule has 0 aromatic carbocycles. The number of ether oxygens (including phenoxy) is 4. The standard InChI is InChI=1S/C40H75NO13/c1-3-5-7-9-11-12-13-14-15-16-18-20-22-24-32(45)41-28(29(44)23-21-19-17-10-8-6-4-2)27-51-39-37(50)35(48)38(31(26-43)53-39)54-40-36(49)34(47)33(46)30(25-42)52-40/h12-13,28-31,33-40,42-44,46-50H,3-11,14-27H2,1-2H3,(H,41,45)/b13-12-. The fourth-order valence-corrected chi connectivity index (χ4v) is 6.93. The third-order valence-corrected chi connectivity index (χ3v) is 10.5. The van der Waals surface area contributed by atoms with E-state index in [-0.39, 0.29) is 12.5 Å². The second-order valence-electron chi connectivity index (χ2n) is 15.1. The van der Waals surface area contributed by atoms with Crippen LogP contribution in [0.5, 0.6) is 0 Å². The molecule has 2 rings (SSSR count). The Balaban J connectivity index is 1.90. The van der Waals surface area contributed by atoms with Crippen LogP contribution in [0, 0.1) is 0 Å². The number of rotatable bonds is 30. The summed E-state index contributed by atoms with van der Waals surface area (Å²) < 4.78 is 22.6. The Labute approximate surface area is 323 Å². The van der Waals surface area contributed by atoms with Gasteiger partial charge in [0, 0.05) is 6.42 Å². The van der Waals surface area contributed by atoms with Gasteiger partial charge in [0.05, 0.1) is 32.0 Å². The van der Waals surface area contributed by atoms with E-state index in [9.17, 15) is 45.6 Å². The van der Waals surface area contributed by atoms with Gasteiger partial charge in [-0.1, -0.05) is 109 Å². The van der Waals surface area contributed by atoms with Crippen LogP contribution in [0.25, 0.3) is 0 Å². The molecule has 2 aliphatic heterocycles. The highest BCUT2D eigenvalue weighted by atomic mass is 16.7. The Morgan fingerprint density at radius 1 is 0.648 bits per heavy atom. The number of unbranched alkanes of at least 4 members (excludes halogenated alkanes) is 15. The number of amides is 1. The number of nitrogens with one attached hydrogen (secondary N) is 1. The van der Waals surface area contributed by atoms with Crippen LogP contribution in [0.4, 0.5) is 0 Å². The van der Waals surface area contributed by atoms with Gasteiger partial charge < -0.3 is 65.1 Å². The molecule has 0 aromatic heterocycles. The molecule has 2 heterocycles. The summed E-state index contributed by atoms with van der Waals surface area (Å²) in [4.78, 5) is 13.0. The number of aliphatic hydroxyl groups is 8. The summed E-state index contributed by atoms with van der Waals surface area (Å²) in [5.41, 5.74) is 0. The molecule has 0 spiro atoms. The minimum atomic E-state index is -1.78. The van der Waals surface area contributed by atoms with Crippen LogP contribution >= 0.6 is 0 Å². The molecule has 1 amide bonds. The number of hydrogen-bond donors (Lipinski definition) is 9. The summed E-state index contributed by atoms with van der Waals surface area (Å²) >= 11 is 0. The minimum Gasteiger partial charge on any atom is -0.394 e. The van der Waals surface area contributed by atoms with Gasteiger partial charge in [-0.25, -0.2) is 0 Å². The second kappa shape index (κ2) is 29.0. The summed E-state index contributed by atoms with van der Waals surface area (Å²) in [6.07, 6.45) is 8.28. The van der Waals surface area contributed by atoms with Crippen molar-refractivity contribution in [3.05, 3.63) is 12.2 Å². The minimum absolute atomic E-state index is 0.223. The molecule has 14 heteroatoms. The third kappa shape index (κ3) is 17.9. The number of carbonyl (C=O) groups excluding carboxylic acids is 1. The quantitative estimate of drug-likeness (QED) is 0.0378. The maximum absolute atomic E-state index is 13.0. The van der Waals surface area contributed by atoms with Gasteiger partial charge >= 0.3 is 0 Å². The Hall–Kier alpha value is -1.27. The van der Waals surface area contributed by atoms with Crippen molar-refractivity contribution in [3.8, 4) is 0 Å². The van der Waals surface area contributed by atoms with Gasteiger partial charge in [-0.05, 0) is 38.5 Å². The lowest BCUT2D eigenvalue weighted by Crippen LogP contribution is -2.65. The molecule has 0 aromatic rings. The van der Waals surface area contributed by atoms with Gasteiger partial charge in [-0.3, -0.25) is 4.79 Å². The molecule has 14 nitrogen and oxygen atoms in total. The highest BCUT2D eigenvalue weighted by Gasteiger charge is 2.50. The zero-order valence-corrected chi connectivity index (χ0v) is 33.0. The molecule has 12 unspecified atom stereocenters. The van der Waals surface area contributed by atoms with E-state index in [0.29, 0.717) is 19.3 Å². The van der Waals surface area contributed by atoms with E-state index >= 15 is 0 Å². The monoisotopic (exact) mass is 778 g/mol. The molecular weight excluding hydrogens is 702 g/mol. The molecule has 0 bridgehead atoms. The fraction of sp³-hybridized carbons (Fsp3) is 0.925. The van der Waals surface area contributed by atoms with Crippen molar-refractivity contribution >= 4 is 5.91 Å². The molecule has 0 saturated carbocycles. The van der Waals surface area contributed by atoms with E-state index < -0.39 is 86.8 Å². The molecule has 2 saturated heterocycles. The Morgan fingerprint density at radius 2 is 1.17 bits per heavy atom. The molecule has 54 heavy (non-hydrogen) atoms. The summed E-state index contributed by atoms with van der Waals surface area (Å²) in [5.74, 6) is -0.223. The van der Waals surface area contributed by atoms with Gasteiger partial charge in [0.1, 0.15) is 48.8 Å². The highest BCUT2D eigenvalue weighted by molar-refractivity contribution is 5.76. The largest absolute Gasteiger partial charge is 0.394 e. The molecule has 2 fully saturated rings. The predicted octanol–water partition coefficient (Wildman–Crippen LogP) is 2.87. The van der Waals surface area contributed by atoms with Crippen molar-refractivity contribution in [1.29, 1.82) is 0 Å². The van der Waals surface area contributed by atoms with Crippen molar-refractivity contribution in [2.24, 2.45) is 0 Å². The lowest BCUT2D eigenvalue weighted by molar-refractivity contribution is -0.359. The topological polar surface area (TPSA) is 228 Å². The highest BCUT2D eigenvalue weighted by Crippen LogP contribution is 2.30. The van der Waals surface area contributed by atoms with E-state index in [1.165, 1.54) is 44.9 Å². The van der Waals surface area contributed by atoms with Crippen molar-refractivity contribution in [3.63, 3.8) is 0 Å². The van der Waals surface area contributed by atoms with Crippen molar-refractivity contribution in [1.82, 2.24) is 5.32 Å². The van der Waals surface area contributed by atoms with E-state index in [2.05, 4.69) is 31.3 Å². The van der Waals surface area contributed by atoms with Gasteiger partial charge in [0.2, 0.25) is 5.91 Å². The van der Waals surface area contributed by atoms with E-state index in [1.807, 2.05) is 0 Å². The van der Waals surface area contributed by atoms with Gasteiger partial charge in [-0.2, -0.15) is 0 Å². The first-order valence-corrected chi connectivity index (χ1v) is 20.9. The number of allylic oxidation sites excluding steroid dienone is 2. The second-order valence-corrected chi connectivity index (χ2v) is 15.1. The van der Waals surface area contributed by atoms with Crippen molar-refractivity contribution in [2.75, 3.05) is 19.8 Å². The third-order valence-electron chi connectivity index (χ3n) is 10.5. The summed E-state index contributed by atoms with van der Waals surface area (Å²) in [6, 6.07) is -0.824. The smallest absolute Gasteiger partial charge is 0.220 e. The van der Waals surface area contributed by atoms with Crippen LogP contribution in [0.1, 0.15) is 142 Å². The van der Waals surface area contributed by atoms with E-state index in [0.717, 1.165) is 64.2 Å². The average molecular weight is 778 g/mol. The van der Waals surface area contributed by atoms with Crippen LogP contribution in [0.3, 0.4) is 0 Å². The zero-order chi connectivity index (χ0) is 39.7. The SMILES string of the molecule is CCCCCC/C=C\CCCCCCCC(=O)NC(COC1OC(CO)C(OC2OC(CO)C(O)C(O)C2O)C(O)C1O)C(O)CCCCCCCCC. The Morgan fingerprint density at radius 3 is 1.78 bits per heavy atom. The number of aliphatic hydroxyl groups excluding tert-OH is 8. The average Bonchev–Trinajstić information content (AvgIpc) is 3.17. The van der Waals surface area contributed by atoms with Gasteiger partial charge in [-0.15, -0.1) is 0 Å². The van der Waals surface area contributed by atoms with Crippen LogP contribution in [-0.4, -0.2) is 140 Å². The van der Waals surface area contributed by atoms with Gasteiger partial charge in [0.25, 0.3) is 0 Å². The summed E-state index contributed by atoms with van der Waals surface area (Å²) in [5, 5.41) is 86.1. The van der Waals surface area contributed by atoms with E-state index in [4.69, 9.17) is 18.9 Å². The number of hydrogen-bond acceptors (Lipinski definition) is 13. The van der Waals surface area contributed by atoms with Crippen LogP contribution in [0.2, 0.25) is 0 Å². The molecule has 9 N–H and O–H groups in total. The Bertz CT molecular complexity index is 972. The first-order valence-electron chi connectivity index (χ1n) is 20.9. The van der Waals surface area contributed by atoms with Crippen molar-refractivity contribution in [2.45, 2.75) is 216 Å². The fourth-order valence-electron chi connectivity index (χ4n) is 6.93. The van der Waals surface area contributed by atoms with Crippen LogP contribution in [-0.2, 0) is 23.7 Å². The molecule has 0 radical (unpaired) electrons. The Kier molecular flexibility index (Phi) is 26.3. The van der Waals surface area contributed by atoms with Gasteiger partial charge in [0.15, 0.2) is 12.6 Å². The maximum Gasteiger partial charge on any atom is 0.220 e. The molecule has 0 aliphatic carbocycles. The lowest BCUT2D eigenvalue weighted by atomic mass is 9.97. The first-order chi connectivity index (χ1) is 26.1. The lowest BCUT2D eigenvalue weighted by Gasteiger charge is -2.46. The van der Waals surface area contributed by atoms with E-state index in [1.54, 1.807) is 0 Å². The van der Waals surface area contributed by atoms with Crippen LogP contribution < -0.4 is 5.32 Å². The van der Waals surface area contributed by atoms with Crippen molar-refractivity contribution < 1.29 is 64.6 Å². The molecule has 12 atom stereocenters. The molecule has 2 aliphatic rings. The normalized spacial score (nSPS) is 30.1. The number of carbonyl (C=O) groups is 1. The first kappa shape index (κ1) is 48.9. The summed E-state index contributed by atoms with van der Waals surface area (Å²) in [7, 11) is 0. The zero-order valence-electron chi connectivity index (χ0n) is 33.0. The molecule has 318 valence electrons. The maximum atomic E-state index is 13.0. The van der Waals surface area contributed by atoms with Crippen LogP contribution in [0.15, 0.2) is 12.2 Å². The summed E-state index contributed by atoms with van der Waals surface area (Å²) in [6.45, 7) is 2.73.